The van der Waals surface area contributed by atoms with Crippen LogP contribution in [0.2, 0.25) is 0 Å². The second kappa shape index (κ2) is 54.9. The molecule has 0 aromatic rings. The molecule has 0 aromatic heterocycles. The minimum absolute atomic E-state index is 0.00184. The molecular weight excluding hydrogens is 813 g/mol. The number of esters is 2. The minimum Gasteiger partial charge on any atom is -0.461 e. The standard InChI is InChI=1S/C61H94O5/c1-4-7-10-13-16-19-22-25-28-29-30-31-32-35-38-41-44-47-50-53-56-64-57-59(66-61(63)55-52-49-46-43-40-37-34-27-24-21-18-15-12-9-6-3)58-65-60(62)54-51-48-45-42-39-36-33-26-23-20-17-14-11-8-5-2/h7-12,16-21,25-28,30-31,33-34,39-40,42-43,48,51,59H,4-6,13-15,22-24,29,32,35-38,41,44-47,49-50,52-58H2,1-3H3/b10-7-,11-8-,12-9-,19-16-,20-17-,21-18-,28-25-,31-30-,33-26-,34-27-,42-39-,43-40-,51-48-. The van der Waals surface area contributed by atoms with Crippen LogP contribution in [0.5, 0.6) is 0 Å². The summed E-state index contributed by atoms with van der Waals surface area (Å²) in [6, 6.07) is 0. The molecule has 1 unspecified atom stereocenters. The van der Waals surface area contributed by atoms with Crippen molar-refractivity contribution in [1.82, 2.24) is 0 Å². The van der Waals surface area contributed by atoms with Gasteiger partial charge in [-0.1, -0.05) is 211 Å². The van der Waals surface area contributed by atoms with E-state index < -0.39 is 6.10 Å². The van der Waals surface area contributed by atoms with E-state index in [-0.39, 0.29) is 31.6 Å². The van der Waals surface area contributed by atoms with Gasteiger partial charge in [-0.15, -0.1) is 0 Å². The van der Waals surface area contributed by atoms with Crippen molar-refractivity contribution in [1.29, 1.82) is 0 Å². The van der Waals surface area contributed by atoms with Gasteiger partial charge in [0.25, 0.3) is 0 Å². The first-order chi connectivity index (χ1) is 32.6. The monoisotopic (exact) mass is 907 g/mol. The first-order valence-corrected chi connectivity index (χ1v) is 26.0. The minimum atomic E-state index is -0.616. The molecule has 1 atom stereocenters. The van der Waals surface area contributed by atoms with Gasteiger partial charge in [-0.05, 0) is 122 Å². The van der Waals surface area contributed by atoms with E-state index in [4.69, 9.17) is 14.2 Å². The van der Waals surface area contributed by atoms with Gasteiger partial charge in [0.1, 0.15) is 6.61 Å². The molecule has 0 heterocycles. The van der Waals surface area contributed by atoms with Crippen LogP contribution in [-0.2, 0) is 23.8 Å². The molecule has 5 nitrogen and oxygen atoms in total. The van der Waals surface area contributed by atoms with Crippen molar-refractivity contribution < 1.29 is 23.8 Å². The van der Waals surface area contributed by atoms with Crippen LogP contribution in [0.3, 0.4) is 0 Å². The maximum atomic E-state index is 12.8. The van der Waals surface area contributed by atoms with Crippen LogP contribution in [-0.4, -0.2) is 37.9 Å². The summed E-state index contributed by atoms with van der Waals surface area (Å²) in [6.45, 7) is 7.28. The zero-order valence-electron chi connectivity index (χ0n) is 42.1. The summed E-state index contributed by atoms with van der Waals surface area (Å²) in [4.78, 5) is 25.3. The van der Waals surface area contributed by atoms with Gasteiger partial charge in [0, 0.05) is 13.0 Å². The second-order valence-corrected chi connectivity index (χ2v) is 16.3. The highest BCUT2D eigenvalue weighted by atomic mass is 16.6. The van der Waals surface area contributed by atoms with Crippen molar-refractivity contribution in [2.45, 2.75) is 194 Å². The number of carbonyl (C=O) groups excluding carboxylic acids is 2. The lowest BCUT2D eigenvalue weighted by Crippen LogP contribution is -2.30. The fourth-order valence-corrected chi connectivity index (χ4v) is 6.33. The average Bonchev–Trinajstić information content (AvgIpc) is 3.32. The number of hydrogen-bond donors (Lipinski definition) is 0. The molecule has 0 aliphatic rings. The smallest absolute Gasteiger partial charge is 0.309 e. The normalized spacial score (nSPS) is 13.6. The first-order valence-electron chi connectivity index (χ1n) is 26.0. The third kappa shape index (κ3) is 52.1. The first kappa shape index (κ1) is 61.5. The zero-order chi connectivity index (χ0) is 47.7. The van der Waals surface area contributed by atoms with E-state index in [9.17, 15) is 9.59 Å². The van der Waals surface area contributed by atoms with Gasteiger partial charge in [-0.3, -0.25) is 9.59 Å². The molecule has 368 valence electrons. The number of unbranched alkanes of at least 4 members (excludes halogenated alkanes) is 9. The Balaban J connectivity index is 4.50. The Labute approximate surface area is 405 Å². The van der Waals surface area contributed by atoms with Crippen molar-refractivity contribution >= 4 is 11.9 Å². The van der Waals surface area contributed by atoms with Crippen LogP contribution in [0, 0.1) is 0 Å². The largest absolute Gasteiger partial charge is 0.461 e. The highest BCUT2D eigenvalue weighted by molar-refractivity contribution is 5.71. The third-order valence-corrected chi connectivity index (χ3v) is 10.1. The Morgan fingerprint density at radius 3 is 1.09 bits per heavy atom. The number of allylic oxidation sites excluding steroid dienone is 25. The maximum absolute atomic E-state index is 12.8. The third-order valence-electron chi connectivity index (χ3n) is 10.1. The second-order valence-electron chi connectivity index (χ2n) is 16.3. The fraction of sp³-hybridized carbons (Fsp3) is 0.541. The van der Waals surface area contributed by atoms with Gasteiger partial charge in [-0.2, -0.15) is 0 Å². The number of ether oxygens (including phenoxy) is 3. The van der Waals surface area contributed by atoms with Gasteiger partial charge in [0.05, 0.1) is 13.0 Å². The van der Waals surface area contributed by atoms with E-state index in [0.717, 1.165) is 122 Å². The molecule has 0 rings (SSSR count). The molecule has 0 aliphatic carbocycles. The Hall–Kier alpha value is -4.48. The van der Waals surface area contributed by atoms with Crippen LogP contribution < -0.4 is 0 Å². The molecule has 0 aromatic carbocycles. The van der Waals surface area contributed by atoms with Crippen LogP contribution in [0.1, 0.15) is 188 Å². The summed E-state index contributed by atoms with van der Waals surface area (Å²) in [6.07, 6.45) is 81.4. The van der Waals surface area contributed by atoms with E-state index >= 15 is 0 Å². The quantitative estimate of drug-likeness (QED) is 0.0346. The summed E-state index contributed by atoms with van der Waals surface area (Å²) >= 11 is 0. The van der Waals surface area contributed by atoms with E-state index in [2.05, 4.69) is 167 Å². The number of carbonyl (C=O) groups is 2. The average molecular weight is 907 g/mol. The van der Waals surface area contributed by atoms with Crippen LogP contribution >= 0.6 is 0 Å². The molecule has 0 radical (unpaired) electrons. The van der Waals surface area contributed by atoms with Gasteiger partial charge < -0.3 is 14.2 Å². The Bertz CT molecular complexity index is 1490. The number of rotatable bonds is 45. The number of hydrogen-bond acceptors (Lipinski definition) is 5. The topological polar surface area (TPSA) is 61.8 Å². The Morgan fingerprint density at radius 2 is 0.682 bits per heavy atom. The molecule has 5 heteroatoms. The fourth-order valence-electron chi connectivity index (χ4n) is 6.33. The van der Waals surface area contributed by atoms with Gasteiger partial charge in [-0.25, -0.2) is 0 Å². The summed E-state index contributed by atoms with van der Waals surface area (Å²) in [5.74, 6) is -0.613. The van der Waals surface area contributed by atoms with Crippen LogP contribution in [0.25, 0.3) is 0 Å². The molecular formula is C61H94O5. The Morgan fingerprint density at radius 1 is 0.348 bits per heavy atom. The predicted molar refractivity (Wildman–Crippen MR) is 288 cm³/mol. The van der Waals surface area contributed by atoms with Crippen LogP contribution in [0.15, 0.2) is 158 Å². The van der Waals surface area contributed by atoms with Crippen molar-refractivity contribution in [2.24, 2.45) is 0 Å². The summed E-state index contributed by atoms with van der Waals surface area (Å²) in [5.41, 5.74) is 0. The lowest BCUT2D eigenvalue weighted by atomic mass is 10.1. The molecule has 0 N–H and O–H groups in total. The molecule has 0 fully saturated rings. The highest BCUT2D eigenvalue weighted by Gasteiger charge is 2.17. The van der Waals surface area contributed by atoms with Crippen molar-refractivity contribution in [3.8, 4) is 0 Å². The molecule has 0 spiro atoms. The van der Waals surface area contributed by atoms with Gasteiger partial charge >= 0.3 is 11.9 Å². The molecule has 0 saturated carbocycles. The van der Waals surface area contributed by atoms with Crippen molar-refractivity contribution in [3.05, 3.63) is 158 Å². The lowest BCUT2D eigenvalue weighted by molar-refractivity contribution is -0.162. The summed E-state index contributed by atoms with van der Waals surface area (Å²) in [5, 5.41) is 0. The van der Waals surface area contributed by atoms with Crippen molar-refractivity contribution in [3.63, 3.8) is 0 Å². The lowest BCUT2D eigenvalue weighted by Gasteiger charge is -2.18. The van der Waals surface area contributed by atoms with E-state index in [0.29, 0.717) is 13.0 Å². The van der Waals surface area contributed by atoms with E-state index in [1.54, 1.807) is 0 Å². The van der Waals surface area contributed by atoms with Gasteiger partial charge in [0.2, 0.25) is 0 Å². The van der Waals surface area contributed by atoms with Crippen LogP contribution in [0.4, 0.5) is 0 Å². The highest BCUT2D eigenvalue weighted by Crippen LogP contribution is 2.11. The molecule has 0 aliphatic heterocycles. The SMILES string of the molecule is CC/C=C\C/C=C\C/C=C\C/C=C\C/C=C\CC(=O)OCC(COCCCCCCCCC/C=C\C/C=C\C/C=C\C/C=C\CC)OC(=O)CCCC/C=C\C/C=C\C/C=C\C/C=C\CC. The van der Waals surface area contributed by atoms with E-state index in [1.165, 1.54) is 32.1 Å². The van der Waals surface area contributed by atoms with Crippen molar-refractivity contribution in [2.75, 3.05) is 19.8 Å². The zero-order valence-corrected chi connectivity index (χ0v) is 42.1. The molecule has 0 amide bonds. The predicted octanol–water partition coefficient (Wildman–Crippen LogP) is 17.9. The molecule has 0 bridgehead atoms. The summed E-state index contributed by atoms with van der Waals surface area (Å²) in [7, 11) is 0. The Kier molecular flexibility index (Phi) is 51.1. The molecule has 0 saturated heterocycles. The maximum Gasteiger partial charge on any atom is 0.309 e. The summed E-state index contributed by atoms with van der Waals surface area (Å²) < 4.78 is 17.3. The van der Waals surface area contributed by atoms with Gasteiger partial charge in [0.15, 0.2) is 6.10 Å². The molecule has 66 heavy (non-hydrogen) atoms. The van der Waals surface area contributed by atoms with E-state index in [1.807, 2.05) is 12.2 Å².